The Kier molecular flexibility index (Phi) is 3.38. The number of rotatable bonds is 3. The van der Waals surface area contributed by atoms with Crippen molar-refractivity contribution in [2.24, 2.45) is 7.05 Å². The molecule has 102 valence electrons. The Balaban J connectivity index is 1.81. The highest BCUT2D eigenvalue weighted by molar-refractivity contribution is 5.89. The van der Waals surface area contributed by atoms with Crippen molar-refractivity contribution in [1.82, 2.24) is 19.7 Å². The van der Waals surface area contributed by atoms with Gasteiger partial charge in [-0.3, -0.25) is 0 Å². The number of anilines is 1. The molecule has 0 unspecified atom stereocenters. The summed E-state index contributed by atoms with van der Waals surface area (Å²) in [6.45, 7) is 5.66. The summed E-state index contributed by atoms with van der Waals surface area (Å²) in [5.74, 6) is 0.918. The van der Waals surface area contributed by atoms with Crippen LogP contribution in [0.5, 0.6) is 0 Å². The van der Waals surface area contributed by atoms with E-state index < -0.39 is 0 Å². The van der Waals surface area contributed by atoms with E-state index in [-0.39, 0.29) is 0 Å². The summed E-state index contributed by atoms with van der Waals surface area (Å²) in [5, 5.41) is 13.1. The summed E-state index contributed by atoms with van der Waals surface area (Å²) in [5.41, 5.74) is 1.13. The van der Waals surface area contributed by atoms with Crippen LogP contribution in [0.15, 0.2) is 18.5 Å². The highest BCUT2D eigenvalue weighted by Gasteiger charge is 2.19. The molecule has 0 saturated carbocycles. The number of hydrogen-bond acceptors (Lipinski definition) is 4. The van der Waals surface area contributed by atoms with Gasteiger partial charge in [0.15, 0.2) is 5.82 Å². The van der Waals surface area contributed by atoms with Gasteiger partial charge in [-0.2, -0.15) is 5.10 Å². The van der Waals surface area contributed by atoms with Crippen LogP contribution in [0, 0.1) is 0 Å². The number of likely N-dealkylation sites (tertiary alicyclic amines) is 1. The second-order valence-corrected chi connectivity index (χ2v) is 5.30. The molecule has 1 aliphatic rings. The second-order valence-electron chi connectivity index (χ2n) is 5.30. The van der Waals surface area contributed by atoms with Crippen molar-refractivity contribution < 1.29 is 0 Å². The third kappa shape index (κ3) is 2.42. The Bertz CT molecular complexity index is 562. The van der Waals surface area contributed by atoms with E-state index in [0.29, 0.717) is 6.04 Å². The molecule has 0 spiro atoms. The van der Waals surface area contributed by atoms with Crippen molar-refractivity contribution in [3.8, 4) is 0 Å². The highest BCUT2D eigenvalue weighted by Crippen LogP contribution is 2.22. The molecule has 1 saturated heterocycles. The fraction of sp³-hybridized carbons (Fsp3) is 0.571. The van der Waals surface area contributed by atoms with Crippen molar-refractivity contribution in [2.45, 2.75) is 25.8 Å². The van der Waals surface area contributed by atoms with E-state index >= 15 is 0 Å². The lowest BCUT2D eigenvalue weighted by Crippen LogP contribution is -2.42. The highest BCUT2D eigenvalue weighted by atomic mass is 15.2. The van der Waals surface area contributed by atoms with E-state index in [1.165, 1.54) is 19.4 Å². The molecule has 0 aromatic carbocycles. The zero-order valence-corrected chi connectivity index (χ0v) is 11.6. The monoisotopic (exact) mass is 259 g/mol. The Morgan fingerprint density at radius 2 is 2.37 bits per heavy atom. The van der Waals surface area contributed by atoms with Crippen LogP contribution in [0.4, 0.5) is 5.82 Å². The van der Waals surface area contributed by atoms with Crippen molar-refractivity contribution in [2.75, 3.05) is 25.0 Å². The van der Waals surface area contributed by atoms with Crippen molar-refractivity contribution in [3.63, 3.8) is 0 Å². The second kappa shape index (κ2) is 5.17. The van der Waals surface area contributed by atoms with Crippen LogP contribution in [0.25, 0.3) is 10.9 Å². The van der Waals surface area contributed by atoms with Gasteiger partial charge in [0.1, 0.15) is 0 Å². The van der Waals surface area contributed by atoms with E-state index in [4.69, 9.17) is 0 Å². The molecular formula is C14H21N5. The van der Waals surface area contributed by atoms with Crippen LogP contribution < -0.4 is 5.32 Å². The molecule has 1 N–H and O–H groups in total. The van der Waals surface area contributed by atoms with Gasteiger partial charge in [-0.05, 0) is 32.0 Å². The number of fused-ring (bicyclic) bond motifs is 1. The number of likely N-dealkylation sites (N-methyl/N-ethyl adjacent to an activating group) is 1. The van der Waals surface area contributed by atoms with Gasteiger partial charge in [-0.25, -0.2) is 0 Å². The van der Waals surface area contributed by atoms with Crippen LogP contribution in [-0.2, 0) is 7.05 Å². The Hall–Kier alpha value is -1.62. The number of piperidine rings is 1. The molecule has 1 aliphatic heterocycles. The summed E-state index contributed by atoms with van der Waals surface area (Å²) >= 11 is 0. The van der Waals surface area contributed by atoms with Gasteiger partial charge >= 0.3 is 0 Å². The number of aryl methyl sites for hydroxylation is 1. The molecule has 0 amide bonds. The Labute approximate surface area is 113 Å². The van der Waals surface area contributed by atoms with E-state index in [1.807, 2.05) is 13.2 Å². The number of aromatic nitrogens is 3. The topological polar surface area (TPSA) is 46.0 Å². The summed E-state index contributed by atoms with van der Waals surface area (Å²) in [4.78, 5) is 2.49. The van der Waals surface area contributed by atoms with Crippen LogP contribution in [-0.4, -0.2) is 45.3 Å². The van der Waals surface area contributed by atoms with E-state index in [9.17, 15) is 0 Å². The molecule has 5 heteroatoms. The first-order valence-corrected chi connectivity index (χ1v) is 7.03. The van der Waals surface area contributed by atoms with Crippen molar-refractivity contribution >= 4 is 16.7 Å². The van der Waals surface area contributed by atoms with Gasteiger partial charge in [0.25, 0.3) is 0 Å². The Morgan fingerprint density at radius 3 is 3.21 bits per heavy atom. The van der Waals surface area contributed by atoms with Gasteiger partial charge in [0.05, 0.1) is 11.7 Å². The van der Waals surface area contributed by atoms with Gasteiger partial charge in [-0.15, -0.1) is 5.10 Å². The van der Waals surface area contributed by atoms with Gasteiger partial charge in [0, 0.05) is 31.2 Å². The first-order valence-electron chi connectivity index (χ1n) is 7.03. The smallest absolute Gasteiger partial charge is 0.158 e. The normalized spacial score (nSPS) is 20.8. The molecule has 0 bridgehead atoms. The molecule has 1 atom stereocenters. The van der Waals surface area contributed by atoms with Gasteiger partial charge < -0.3 is 14.8 Å². The van der Waals surface area contributed by atoms with E-state index in [1.54, 1.807) is 0 Å². The van der Waals surface area contributed by atoms with Gasteiger partial charge in [-0.1, -0.05) is 6.92 Å². The predicted octanol–water partition coefficient (Wildman–Crippen LogP) is 1.86. The number of nitrogens with one attached hydrogen (secondary N) is 1. The molecule has 2 aromatic rings. The summed E-state index contributed by atoms with van der Waals surface area (Å²) < 4.78 is 2.08. The number of hydrogen-bond donors (Lipinski definition) is 1. The molecule has 2 aromatic heterocycles. The zero-order chi connectivity index (χ0) is 13.2. The maximum absolute atomic E-state index is 4.27. The maximum Gasteiger partial charge on any atom is 0.158 e. The third-order valence-electron chi connectivity index (χ3n) is 4.01. The molecule has 0 radical (unpaired) electrons. The maximum atomic E-state index is 4.27. The minimum absolute atomic E-state index is 0.480. The standard InChI is InChI=1S/C14H21N5/c1-3-19-7-4-5-11(10-19)16-14-12-6-8-18(2)13(12)9-15-17-14/h6,8-9,11H,3-5,7,10H2,1-2H3,(H,16,17)/t11-/m1/s1. The van der Waals surface area contributed by atoms with Crippen LogP contribution >= 0.6 is 0 Å². The third-order valence-corrected chi connectivity index (χ3v) is 4.01. The molecule has 0 aliphatic carbocycles. The molecule has 3 heterocycles. The zero-order valence-electron chi connectivity index (χ0n) is 11.6. The molecule has 1 fully saturated rings. The average Bonchev–Trinajstić information content (AvgIpc) is 2.82. The van der Waals surface area contributed by atoms with E-state index in [2.05, 4.69) is 44.2 Å². The minimum atomic E-state index is 0.480. The van der Waals surface area contributed by atoms with E-state index in [0.717, 1.165) is 29.8 Å². The fourth-order valence-corrected chi connectivity index (χ4v) is 2.86. The lowest BCUT2D eigenvalue weighted by molar-refractivity contribution is 0.226. The van der Waals surface area contributed by atoms with Crippen LogP contribution in [0.3, 0.4) is 0 Å². The molecule has 19 heavy (non-hydrogen) atoms. The molecule has 5 nitrogen and oxygen atoms in total. The average molecular weight is 259 g/mol. The summed E-state index contributed by atoms with van der Waals surface area (Å²) in [6.07, 6.45) is 6.34. The molecular weight excluding hydrogens is 238 g/mol. The van der Waals surface area contributed by atoms with Crippen molar-refractivity contribution in [1.29, 1.82) is 0 Å². The van der Waals surface area contributed by atoms with Gasteiger partial charge in [0.2, 0.25) is 0 Å². The predicted molar refractivity (Wildman–Crippen MR) is 77.3 cm³/mol. The quantitative estimate of drug-likeness (QED) is 0.914. The lowest BCUT2D eigenvalue weighted by atomic mass is 10.1. The first-order chi connectivity index (χ1) is 9.28. The minimum Gasteiger partial charge on any atom is -0.364 e. The number of nitrogens with zero attached hydrogens (tertiary/aromatic N) is 4. The molecule has 3 rings (SSSR count). The lowest BCUT2D eigenvalue weighted by Gasteiger charge is -2.32. The first kappa shape index (κ1) is 12.4. The summed E-state index contributed by atoms with van der Waals surface area (Å²) in [7, 11) is 2.03. The largest absolute Gasteiger partial charge is 0.364 e. The summed E-state index contributed by atoms with van der Waals surface area (Å²) in [6, 6.07) is 2.58. The van der Waals surface area contributed by atoms with Crippen molar-refractivity contribution in [3.05, 3.63) is 18.5 Å². The SMILES string of the molecule is CCN1CCC[C@@H](Nc2nncc3c2ccn3C)C1. The van der Waals surface area contributed by atoms with Crippen LogP contribution in [0.1, 0.15) is 19.8 Å². The van der Waals surface area contributed by atoms with Crippen LogP contribution in [0.2, 0.25) is 0 Å². The fourth-order valence-electron chi connectivity index (χ4n) is 2.86. The Morgan fingerprint density at radius 1 is 1.47 bits per heavy atom.